The van der Waals surface area contributed by atoms with Crippen LogP contribution >= 0.6 is 0 Å². The van der Waals surface area contributed by atoms with Gasteiger partial charge in [0.1, 0.15) is 6.07 Å². The van der Waals surface area contributed by atoms with Crippen LogP contribution in [0.5, 0.6) is 0 Å². The maximum atomic E-state index is 11.3. The molecule has 0 saturated heterocycles. The quantitative estimate of drug-likeness (QED) is 0.753. The number of esters is 1. The molecule has 1 aromatic heterocycles. The fraction of sp³-hybridized carbons (Fsp3) is 0.0714. The minimum Gasteiger partial charge on any atom is -0.465 e. The van der Waals surface area contributed by atoms with E-state index in [1.165, 1.54) is 7.11 Å². The number of ether oxygens (including phenoxy) is 1. The molecule has 0 bridgehead atoms. The summed E-state index contributed by atoms with van der Waals surface area (Å²) in [6.07, 6.45) is 1.63. The zero-order valence-electron chi connectivity index (χ0n) is 9.75. The summed E-state index contributed by atoms with van der Waals surface area (Å²) in [6.45, 7) is 0. The largest absolute Gasteiger partial charge is 0.465 e. The highest BCUT2D eigenvalue weighted by Crippen LogP contribution is 2.21. The number of aromatic nitrogens is 1. The summed E-state index contributed by atoms with van der Waals surface area (Å²) in [6, 6.07) is 12.3. The topological polar surface area (TPSA) is 63.0 Å². The van der Waals surface area contributed by atoms with E-state index in [2.05, 4.69) is 15.8 Å². The van der Waals surface area contributed by atoms with E-state index in [9.17, 15) is 4.79 Å². The lowest BCUT2D eigenvalue weighted by Crippen LogP contribution is -2.00. The molecule has 0 amide bonds. The third-order valence-electron chi connectivity index (χ3n) is 2.51. The lowest BCUT2D eigenvalue weighted by atomic mass is 10.0. The molecule has 0 radical (unpaired) electrons. The summed E-state index contributed by atoms with van der Waals surface area (Å²) >= 11 is 0. The summed E-state index contributed by atoms with van der Waals surface area (Å²) in [5.41, 5.74) is 2.37. The molecule has 0 aliphatic rings. The first-order chi connectivity index (χ1) is 8.76. The normalized spacial score (nSPS) is 9.56. The Labute approximate surface area is 104 Å². The fourth-order valence-corrected chi connectivity index (χ4v) is 1.61. The van der Waals surface area contributed by atoms with Crippen molar-refractivity contribution in [1.29, 1.82) is 5.26 Å². The molecule has 2 rings (SSSR count). The standard InChI is InChI=1S/C14H10N2O2/c1-18-14(17)11-6-4-10(5-7-11)13-12(9-15)3-2-8-16-13/h2-8H,1H3. The van der Waals surface area contributed by atoms with Crippen LogP contribution in [-0.2, 0) is 4.74 Å². The molecule has 0 aliphatic heterocycles. The third-order valence-corrected chi connectivity index (χ3v) is 2.51. The molecule has 18 heavy (non-hydrogen) atoms. The molecule has 88 valence electrons. The lowest BCUT2D eigenvalue weighted by molar-refractivity contribution is 0.0601. The van der Waals surface area contributed by atoms with Gasteiger partial charge in [-0.3, -0.25) is 4.98 Å². The van der Waals surface area contributed by atoms with Gasteiger partial charge in [0.05, 0.1) is 23.9 Å². The highest BCUT2D eigenvalue weighted by Gasteiger charge is 2.08. The van der Waals surface area contributed by atoms with Crippen molar-refractivity contribution in [1.82, 2.24) is 4.98 Å². The van der Waals surface area contributed by atoms with Gasteiger partial charge in [-0.1, -0.05) is 12.1 Å². The lowest BCUT2D eigenvalue weighted by Gasteiger charge is -2.04. The predicted molar refractivity (Wildman–Crippen MR) is 65.7 cm³/mol. The Morgan fingerprint density at radius 3 is 2.61 bits per heavy atom. The third kappa shape index (κ3) is 2.20. The number of hydrogen-bond acceptors (Lipinski definition) is 4. The monoisotopic (exact) mass is 238 g/mol. The summed E-state index contributed by atoms with van der Waals surface area (Å²) in [7, 11) is 1.34. The van der Waals surface area contributed by atoms with E-state index >= 15 is 0 Å². The molecule has 0 aliphatic carbocycles. The number of pyridine rings is 1. The van der Waals surface area contributed by atoms with Crippen LogP contribution in [0.1, 0.15) is 15.9 Å². The van der Waals surface area contributed by atoms with Gasteiger partial charge >= 0.3 is 5.97 Å². The Bertz CT molecular complexity index is 612. The molecule has 0 N–H and O–H groups in total. The van der Waals surface area contributed by atoms with E-state index in [0.717, 1.165) is 5.56 Å². The van der Waals surface area contributed by atoms with Crippen LogP contribution in [0.25, 0.3) is 11.3 Å². The van der Waals surface area contributed by atoms with Crippen molar-refractivity contribution in [2.75, 3.05) is 7.11 Å². The molecule has 0 spiro atoms. The number of carbonyl (C=O) groups excluding carboxylic acids is 1. The van der Waals surface area contributed by atoms with Gasteiger partial charge in [0.2, 0.25) is 0 Å². The van der Waals surface area contributed by atoms with Gasteiger partial charge in [-0.2, -0.15) is 5.26 Å². The van der Waals surface area contributed by atoms with Crippen molar-refractivity contribution in [3.05, 3.63) is 53.7 Å². The average Bonchev–Trinajstić information content (AvgIpc) is 2.46. The first-order valence-corrected chi connectivity index (χ1v) is 5.30. The average molecular weight is 238 g/mol. The van der Waals surface area contributed by atoms with Gasteiger partial charge in [0.15, 0.2) is 0 Å². The van der Waals surface area contributed by atoms with Crippen molar-refractivity contribution in [2.45, 2.75) is 0 Å². The smallest absolute Gasteiger partial charge is 0.337 e. The molecule has 2 aromatic rings. The number of nitrogens with zero attached hydrogens (tertiary/aromatic N) is 2. The van der Waals surface area contributed by atoms with Crippen LogP contribution in [0, 0.1) is 11.3 Å². The molecule has 4 nitrogen and oxygen atoms in total. The van der Waals surface area contributed by atoms with Gasteiger partial charge in [-0.15, -0.1) is 0 Å². The van der Waals surface area contributed by atoms with E-state index in [-0.39, 0.29) is 5.97 Å². The molecule has 1 aromatic carbocycles. The number of rotatable bonds is 2. The van der Waals surface area contributed by atoms with E-state index in [0.29, 0.717) is 16.8 Å². The highest BCUT2D eigenvalue weighted by atomic mass is 16.5. The van der Waals surface area contributed by atoms with Gasteiger partial charge < -0.3 is 4.74 Å². The van der Waals surface area contributed by atoms with Crippen LogP contribution in [0.4, 0.5) is 0 Å². The van der Waals surface area contributed by atoms with Crippen LogP contribution in [0.3, 0.4) is 0 Å². The Hall–Kier alpha value is -2.67. The van der Waals surface area contributed by atoms with Crippen LogP contribution in [0.2, 0.25) is 0 Å². The van der Waals surface area contributed by atoms with E-state index in [1.807, 2.05) is 0 Å². The molecule has 1 heterocycles. The summed E-state index contributed by atoms with van der Waals surface area (Å²) < 4.78 is 4.62. The van der Waals surface area contributed by atoms with Crippen molar-refractivity contribution >= 4 is 5.97 Å². The second-order valence-electron chi connectivity index (χ2n) is 3.58. The Morgan fingerprint density at radius 1 is 1.28 bits per heavy atom. The van der Waals surface area contributed by atoms with Crippen LogP contribution in [0.15, 0.2) is 42.6 Å². The molecule has 0 unspecified atom stereocenters. The fourth-order valence-electron chi connectivity index (χ4n) is 1.61. The second-order valence-corrected chi connectivity index (χ2v) is 3.58. The minimum atomic E-state index is -0.386. The molecule has 0 atom stereocenters. The number of methoxy groups -OCH3 is 1. The zero-order valence-corrected chi connectivity index (χ0v) is 9.75. The Kier molecular flexibility index (Phi) is 3.35. The van der Waals surface area contributed by atoms with E-state index in [1.54, 1.807) is 42.6 Å². The maximum Gasteiger partial charge on any atom is 0.337 e. The number of hydrogen-bond donors (Lipinski definition) is 0. The van der Waals surface area contributed by atoms with Gasteiger partial charge in [-0.25, -0.2) is 4.79 Å². The Morgan fingerprint density at radius 2 is 2.00 bits per heavy atom. The minimum absolute atomic E-state index is 0.386. The van der Waals surface area contributed by atoms with Crippen molar-refractivity contribution in [3.8, 4) is 17.3 Å². The van der Waals surface area contributed by atoms with Crippen molar-refractivity contribution in [2.24, 2.45) is 0 Å². The molecule has 0 saturated carbocycles. The van der Waals surface area contributed by atoms with Crippen molar-refractivity contribution < 1.29 is 9.53 Å². The van der Waals surface area contributed by atoms with Crippen LogP contribution < -0.4 is 0 Å². The van der Waals surface area contributed by atoms with E-state index in [4.69, 9.17) is 5.26 Å². The summed E-state index contributed by atoms with van der Waals surface area (Å²) in [5.74, 6) is -0.386. The molecule has 0 fully saturated rings. The predicted octanol–water partition coefficient (Wildman–Crippen LogP) is 2.41. The number of benzene rings is 1. The number of nitriles is 1. The maximum absolute atomic E-state index is 11.3. The van der Waals surface area contributed by atoms with Gasteiger partial charge in [0, 0.05) is 11.8 Å². The van der Waals surface area contributed by atoms with Crippen LogP contribution in [-0.4, -0.2) is 18.1 Å². The van der Waals surface area contributed by atoms with Gasteiger partial charge in [0.25, 0.3) is 0 Å². The molecular weight excluding hydrogens is 228 g/mol. The van der Waals surface area contributed by atoms with E-state index < -0.39 is 0 Å². The van der Waals surface area contributed by atoms with Gasteiger partial charge in [-0.05, 0) is 24.3 Å². The highest BCUT2D eigenvalue weighted by molar-refractivity contribution is 5.90. The molecular formula is C14H10N2O2. The molecule has 4 heteroatoms. The number of carbonyl (C=O) groups is 1. The second kappa shape index (κ2) is 5.11. The zero-order chi connectivity index (χ0) is 13.0. The summed E-state index contributed by atoms with van der Waals surface area (Å²) in [5, 5.41) is 9.00. The first-order valence-electron chi connectivity index (χ1n) is 5.30. The van der Waals surface area contributed by atoms with Crippen molar-refractivity contribution in [3.63, 3.8) is 0 Å². The Balaban J connectivity index is 2.41. The SMILES string of the molecule is COC(=O)c1ccc(-c2ncccc2C#N)cc1. The first kappa shape index (κ1) is 11.8. The summed E-state index contributed by atoms with van der Waals surface area (Å²) in [4.78, 5) is 15.5.